The molecule has 1 aromatic carbocycles. The van der Waals surface area contributed by atoms with Crippen molar-refractivity contribution in [2.75, 3.05) is 0 Å². The molecule has 0 aliphatic carbocycles. The van der Waals surface area contributed by atoms with Crippen LogP contribution in [0.25, 0.3) is 0 Å². The lowest BCUT2D eigenvalue weighted by molar-refractivity contribution is 0.0147. The maximum absolute atomic E-state index is 11.9. The molecule has 3 rings (SSSR count). The minimum Gasteiger partial charge on any atom is -0.459 e. The number of benzene rings is 1. The Morgan fingerprint density at radius 2 is 2.00 bits per heavy atom. The second-order valence-corrected chi connectivity index (χ2v) is 5.14. The smallest absolute Gasteiger partial charge is 0.338 e. The number of hydrogen-bond acceptors (Lipinski definition) is 4. The Bertz CT molecular complexity index is 432. The molecule has 0 saturated carbocycles. The molecule has 4 nitrogen and oxygen atoms in total. The van der Waals surface area contributed by atoms with Gasteiger partial charge in [-0.2, -0.15) is 0 Å². The summed E-state index contributed by atoms with van der Waals surface area (Å²) >= 11 is 0. The lowest BCUT2D eigenvalue weighted by Crippen LogP contribution is -2.44. The van der Waals surface area contributed by atoms with E-state index in [0.29, 0.717) is 12.0 Å². The van der Waals surface area contributed by atoms with Gasteiger partial charge in [-0.3, -0.25) is 0 Å². The first-order chi connectivity index (χ1) is 8.72. The summed E-state index contributed by atoms with van der Waals surface area (Å²) < 4.78 is 5.52. The third kappa shape index (κ3) is 2.26. The molecule has 2 bridgehead atoms. The van der Waals surface area contributed by atoms with Crippen LogP contribution >= 0.6 is 0 Å². The molecule has 4 heteroatoms. The largest absolute Gasteiger partial charge is 0.459 e. The summed E-state index contributed by atoms with van der Waals surface area (Å²) in [6.45, 7) is 0. The molecule has 2 unspecified atom stereocenters. The van der Waals surface area contributed by atoms with Crippen LogP contribution in [0.3, 0.4) is 0 Å². The summed E-state index contributed by atoms with van der Waals surface area (Å²) in [6, 6.07) is 9.40. The van der Waals surface area contributed by atoms with E-state index in [1.165, 1.54) is 0 Å². The number of carbonyl (C=O) groups is 1. The average Bonchev–Trinajstić information content (AvgIpc) is 2.64. The molecule has 0 radical (unpaired) electrons. The molecule has 2 heterocycles. The van der Waals surface area contributed by atoms with Gasteiger partial charge in [0.2, 0.25) is 0 Å². The fourth-order valence-electron chi connectivity index (χ4n) is 2.91. The van der Waals surface area contributed by atoms with Crippen molar-refractivity contribution in [1.29, 1.82) is 0 Å². The van der Waals surface area contributed by atoms with E-state index in [1.807, 2.05) is 18.2 Å². The fourth-order valence-corrected chi connectivity index (χ4v) is 2.91. The highest BCUT2D eigenvalue weighted by atomic mass is 16.5. The van der Waals surface area contributed by atoms with Gasteiger partial charge in [0.25, 0.3) is 0 Å². The van der Waals surface area contributed by atoms with Crippen LogP contribution in [0.15, 0.2) is 30.3 Å². The van der Waals surface area contributed by atoms with Crippen molar-refractivity contribution < 1.29 is 14.6 Å². The van der Waals surface area contributed by atoms with E-state index in [1.54, 1.807) is 12.1 Å². The third-order valence-electron chi connectivity index (χ3n) is 3.79. The van der Waals surface area contributed by atoms with E-state index >= 15 is 0 Å². The highest BCUT2D eigenvalue weighted by Crippen LogP contribution is 2.29. The standard InChI is InChI=1S/C14H17NO3/c16-13-7-10-6-11(8-12(13)15-10)18-14(17)9-4-2-1-3-5-9/h1-5,10-13,15-16H,6-8H2/t10?,11-,12?,13-/m0/s1. The maximum Gasteiger partial charge on any atom is 0.338 e. The summed E-state index contributed by atoms with van der Waals surface area (Å²) in [7, 11) is 0. The molecule has 0 aromatic heterocycles. The van der Waals surface area contributed by atoms with Crippen LogP contribution in [0.1, 0.15) is 29.6 Å². The van der Waals surface area contributed by atoms with Crippen LogP contribution in [0, 0.1) is 0 Å². The van der Waals surface area contributed by atoms with Gasteiger partial charge < -0.3 is 15.2 Å². The van der Waals surface area contributed by atoms with Gasteiger partial charge >= 0.3 is 5.97 Å². The Balaban J connectivity index is 1.63. The topological polar surface area (TPSA) is 58.6 Å². The molecule has 0 spiro atoms. The van der Waals surface area contributed by atoms with E-state index < -0.39 is 0 Å². The number of ether oxygens (including phenoxy) is 1. The van der Waals surface area contributed by atoms with Crippen molar-refractivity contribution in [3.05, 3.63) is 35.9 Å². The van der Waals surface area contributed by atoms with Crippen LogP contribution in [0.2, 0.25) is 0 Å². The number of fused-ring (bicyclic) bond motifs is 2. The molecular weight excluding hydrogens is 230 g/mol. The fraction of sp³-hybridized carbons (Fsp3) is 0.500. The Labute approximate surface area is 106 Å². The number of hydrogen-bond donors (Lipinski definition) is 2. The van der Waals surface area contributed by atoms with Crippen LogP contribution in [0.4, 0.5) is 0 Å². The van der Waals surface area contributed by atoms with Crippen LogP contribution < -0.4 is 5.32 Å². The minimum absolute atomic E-state index is 0.0777. The highest BCUT2D eigenvalue weighted by Gasteiger charge is 2.40. The molecule has 2 fully saturated rings. The van der Waals surface area contributed by atoms with Gasteiger partial charge in [0.05, 0.1) is 11.7 Å². The SMILES string of the molecule is O=C(O[C@H]1CC2C[C@H](O)C(C1)N2)c1ccccc1. The van der Waals surface area contributed by atoms with Crippen molar-refractivity contribution in [2.45, 2.75) is 43.6 Å². The second kappa shape index (κ2) is 4.71. The number of aliphatic hydroxyl groups excluding tert-OH is 1. The van der Waals surface area contributed by atoms with E-state index in [-0.39, 0.29) is 30.3 Å². The Morgan fingerprint density at radius 1 is 1.22 bits per heavy atom. The van der Waals surface area contributed by atoms with Gasteiger partial charge in [0.1, 0.15) is 6.10 Å². The number of rotatable bonds is 2. The summed E-state index contributed by atoms with van der Waals surface area (Å²) in [6.07, 6.45) is 1.90. The van der Waals surface area contributed by atoms with Crippen molar-refractivity contribution in [3.63, 3.8) is 0 Å². The highest BCUT2D eigenvalue weighted by molar-refractivity contribution is 5.89. The van der Waals surface area contributed by atoms with Gasteiger partial charge in [0.15, 0.2) is 0 Å². The third-order valence-corrected chi connectivity index (χ3v) is 3.79. The Kier molecular flexibility index (Phi) is 3.06. The summed E-state index contributed by atoms with van der Waals surface area (Å²) in [5.41, 5.74) is 0.587. The molecule has 4 atom stereocenters. The molecule has 2 aliphatic rings. The van der Waals surface area contributed by atoms with Gasteiger partial charge in [-0.15, -0.1) is 0 Å². The lowest BCUT2D eigenvalue weighted by Gasteiger charge is -2.29. The minimum atomic E-state index is -0.296. The van der Waals surface area contributed by atoms with E-state index in [0.717, 1.165) is 12.8 Å². The van der Waals surface area contributed by atoms with Gasteiger partial charge in [0, 0.05) is 18.5 Å². The quantitative estimate of drug-likeness (QED) is 0.768. The maximum atomic E-state index is 11.9. The van der Waals surface area contributed by atoms with Gasteiger partial charge in [-0.25, -0.2) is 4.79 Å². The Morgan fingerprint density at radius 3 is 2.72 bits per heavy atom. The average molecular weight is 247 g/mol. The number of aliphatic hydroxyl groups is 1. The molecule has 18 heavy (non-hydrogen) atoms. The number of esters is 1. The molecule has 2 aliphatic heterocycles. The summed E-state index contributed by atoms with van der Waals surface area (Å²) in [5, 5.41) is 13.1. The van der Waals surface area contributed by atoms with Crippen LogP contribution in [0.5, 0.6) is 0 Å². The number of nitrogens with one attached hydrogen (secondary N) is 1. The summed E-state index contributed by atoms with van der Waals surface area (Å²) in [4.78, 5) is 11.9. The molecule has 2 N–H and O–H groups in total. The summed E-state index contributed by atoms with van der Waals surface area (Å²) in [5.74, 6) is -0.267. The zero-order valence-electron chi connectivity index (χ0n) is 10.1. The van der Waals surface area contributed by atoms with Crippen molar-refractivity contribution in [1.82, 2.24) is 5.32 Å². The number of piperidine rings is 1. The molecule has 2 saturated heterocycles. The lowest BCUT2D eigenvalue weighted by atomic mass is 10.0. The monoisotopic (exact) mass is 247 g/mol. The zero-order chi connectivity index (χ0) is 12.5. The second-order valence-electron chi connectivity index (χ2n) is 5.14. The molecule has 96 valence electrons. The van der Waals surface area contributed by atoms with Crippen molar-refractivity contribution in [2.24, 2.45) is 0 Å². The van der Waals surface area contributed by atoms with E-state index in [2.05, 4.69) is 5.32 Å². The van der Waals surface area contributed by atoms with Crippen molar-refractivity contribution >= 4 is 5.97 Å². The van der Waals surface area contributed by atoms with E-state index in [4.69, 9.17) is 4.74 Å². The number of carbonyl (C=O) groups excluding carboxylic acids is 1. The van der Waals surface area contributed by atoms with Gasteiger partial charge in [-0.05, 0) is 25.0 Å². The van der Waals surface area contributed by atoms with E-state index in [9.17, 15) is 9.90 Å². The molecule has 0 amide bonds. The molecular formula is C14H17NO3. The molecule has 1 aromatic rings. The van der Waals surface area contributed by atoms with Crippen LogP contribution in [-0.4, -0.2) is 35.4 Å². The Hall–Kier alpha value is -1.39. The van der Waals surface area contributed by atoms with Crippen molar-refractivity contribution in [3.8, 4) is 0 Å². The predicted molar refractivity (Wildman–Crippen MR) is 66.2 cm³/mol. The van der Waals surface area contributed by atoms with Gasteiger partial charge in [-0.1, -0.05) is 18.2 Å². The first kappa shape index (κ1) is 11.7. The zero-order valence-corrected chi connectivity index (χ0v) is 10.1. The predicted octanol–water partition coefficient (Wildman–Crippen LogP) is 1.10. The first-order valence-electron chi connectivity index (χ1n) is 6.42. The normalized spacial score (nSPS) is 34.3. The van der Waals surface area contributed by atoms with Crippen LogP contribution in [-0.2, 0) is 4.74 Å². The first-order valence-corrected chi connectivity index (χ1v) is 6.42.